The number of rotatable bonds is 6. The fraction of sp³-hybridized carbons (Fsp3) is 0.0476. The lowest BCUT2D eigenvalue weighted by molar-refractivity contribution is -0.384. The van der Waals surface area contributed by atoms with Gasteiger partial charge in [-0.05, 0) is 11.6 Å². The Bertz CT molecular complexity index is 1000. The first-order valence-electron chi connectivity index (χ1n) is 8.47. The third-order valence-corrected chi connectivity index (χ3v) is 4.04. The summed E-state index contributed by atoms with van der Waals surface area (Å²) in [5, 5.41) is 25.8. The fourth-order valence-electron chi connectivity index (χ4n) is 2.62. The van der Waals surface area contributed by atoms with Crippen LogP contribution < -0.4 is 5.43 Å². The molecule has 0 aliphatic carbocycles. The average molecular weight is 375 g/mol. The molecule has 0 aromatic heterocycles. The number of amides is 1. The van der Waals surface area contributed by atoms with Crippen LogP contribution in [0.3, 0.4) is 0 Å². The summed E-state index contributed by atoms with van der Waals surface area (Å²) in [5.74, 6) is -0.614. The van der Waals surface area contributed by atoms with E-state index >= 15 is 0 Å². The first kappa shape index (κ1) is 18.9. The van der Waals surface area contributed by atoms with Crippen molar-refractivity contribution >= 4 is 17.3 Å². The molecule has 0 saturated heterocycles. The van der Waals surface area contributed by atoms with E-state index in [1.165, 1.54) is 24.3 Å². The van der Waals surface area contributed by atoms with Gasteiger partial charge in [0.15, 0.2) is 0 Å². The summed E-state index contributed by atoms with van der Waals surface area (Å²) in [6.07, 6.45) is -1.06. The Balaban J connectivity index is 1.90. The number of nitrogens with zero attached hydrogens (tertiary/aromatic N) is 2. The zero-order valence-electron chi connectivity index (χ0n) is 14.7. The molecule has 0 fully saturated rings. The van der Waals surface area contributed by atoms with Crippen LogP contribution in [0.2, 0.25) is 0 Å². The molecule has 0 heterocycles. The monoisotopic (exact) mass is 375 g/mol. The highest BCUT2D eigenvalue weighted by molar-refractivity contribution is 6.05. The molecule has 0 saturated carbocycles. The van der Waals surface area contributed by atoms with E-state index in [2.05, 4.69) is 10.5 Å². The third kappa shape index (κ3) is 4.46. The van der Waals surface area contributed by atoms with Gasteiger partial charge in [0.05, 0.1) is 4.92 Å². The molecule has 1 atom stereocenters. The van der Waals surface area contributed by atoms with E-state index in [1.54, 1.807) is 48.5 Å². The zero-order valence-corrected chi connectivity index (χ0v) is 14.7. The van der Waals surface area contributed by atoms with Crippen molar-refractivity contribution in [1.29, 1.82) is 0 Å². The summed E-state index contributed by atoms with van der Waals surface area (Å²) >= 11 is 0. The van der Waals surface area contributed by atoms with Gasteiger partial charge in [-0.2, -0.15) is 5.10 Å². The third-order valence-electron chi connectivity index (χ3n) is 4.04. The Hall–Kier alpha value is -3.84. The average Bonchev–Trinajstić information content (AvgIpc) is 2.75. The van der Waals surface area contributed by atoms with E-state index in [0.717, 1.165) is 0 Å². The minimum atomic E-state index is -1.06. The molecule has 140 valence electrons. The van der Waals surface area contributed by atoms with Gasteiger partial charge in [-0.3, -0.25) is 14.9 Å². The molecule has 3 aromatic rings. The van der Waals surface area contributed by atoms with Crippen LogP contribution in [0, 0.1) is 10.1 Å². The normalized spacial score (nSPS) is 12.2. The van der Waals surface area contributed by atoms with Gasteiger partial charge >= 0.3 is 0 Å². The zero-order chi connectivity index (χ0) is 19.9. The predicted molar refractivity (Wildman–Crippen MR) is 105 cm³/mol. The predicted octanol–water partition coefficient (Wildman–Crippen LogP) is 3.46. The highest BCUT2D eigenvalue weighted by Gasteiger charge is 2.18. The van der Waals surface area contributed by atoms with Crippen molar-refractivity contribution in [2.24, 2.45) is 5.10 Å². The molecular formula is C21H17N3O4. The summed E-state index contributed by atoms with van der Waals surface area (Å²) in [6, 6.07) is 23.2. The molecule has 7 heteroatoms. The van der Waals surface area contributed by atoms with E-state index in [4.69, 9.17) is 0 Å². The van der Waals surface area contributed by atoms with Gasteiger partial charge in [0.1, 0.15) is 11.8 Å². The summed E-state index contributed by atoms with van der Waals surface area (Å²) in [7, 11) is 0. The van der Waals surface area contributed by atoms with Crippen molar-refractivity contribution in [1.82, 2.24) is 5.43 Å². The minimum absolute atomic E-state index is 0.0968. The number of hydrogen-bond donors (Lipinski definition) is 2. The standard InChI is InChI=1S/C21H17N3O4/c25-20(16-10-5-2-6-11-16)19(15-8-3-1-4-9-15)22-23-21(26)17-12-7-13-18(14-17)24(27)28/h1-14,20,25H,(H,23,26)/b22-19+/t20-/m0/s1. The molecule has 0 unspecified atom stereocenters. The second-order valence-corrected chi connectivity index (χ2v) is 5.92. The largest absolute Gasteiger partial charge is 0.382 e. The van der Waals surface area contributed by atoms with Crippen molar-refractivity contribution in [3.05, 3.63) is 112 Å². The summed E-state index contributed by atoms with van der Waals surface area (Å²) in [5.41, 5.74) is 3.80. The number of hydrazone groups is 1. The van der Waals surface area contributed by atoms with Crippen LogP contribution in [0.4, 0.5) is 5.69 Å². The molecule has 28 heavy (non-hydrogen) atoms. The number of carbonyl (C=O) groups excluding carboxylic acids is 1. The SMILES string of the molecule is O=C(N/N=C(\c1ccccc1)[C@@H](O)c1ccccc1)c1cccc([N+](=O)[O-])c1. The Morgan fingerprint density at radius 2 is 1.54 bits per heavy atom. The van der Waals surface area contributed by atoms with Gasteiger partial charge in [-0.15, -0.1) is 0 Å². The van der Waals surface area contributed by atoms with Gasteiger partial charge in [-0.25, -0.2) is 5.43 Å². The molecule has 3 aromatic carbocycles. The van der Waals surface area contributed by atoms with Crippen LogP contribution >= 0.6 is 0 Å². The highest BCUT2D eigenvalue weighted by Crippen LogP contribution is 2.19. The molecule has 0 bridgehead atoms. The number of carbonyl (C=O) groups is 1. The molecule has 7 nitrogen and oxygen atoms in total. The van der Waals surface area contributed by atoms with E-state index in [9.17, 15) is 20.0 Å². The summed E-state index contributed by atoms with van der Waals surface area (Å²) in [6.45, 7) is 0. The van der Waals surface area contributed by atoms with Crippen molar-refractivity contribution in [2.45, 2.75) is 6.10 Å². The lowest BCUT2D eigenvalue weighted by atomic mass is 9.99. The fourth-order valence-corrected chi connectivity index (χ4v) is 2.62. The maximum absolute atomic E-state index is 12.4. The highest BCUT2D eigenvalue weighted by atomic mass is 16.6. The van der Waals surface area contributed by atoms with Crippen molar-refractivity contribution < 1.29 is 14.8 Å². The van der Waals surface area contributed by atoms with Gasteiger partial charge in [0.2, 0.25) is 0 Å². The van der Waals surface area contributed by atoms with Crippen LogP contribution in [-0.4, -0.2) is 21.6 Å². The van der Waals surface area contributed by atoms with E-state index in [0.29, 0.717) is 11.1 Å². The smallest absolute Gasteiger partial charge is 0.271 e. The van der Waals surface area contributed by atoms with Gasteiger partial charge in [0, 0.05) is 23.3 Å². The Labute approximate surface area is 161 Å². The van der Waals surface area contributed by atoms with Crippen LogP contribution in [0.1, 0.15) is 27.6 Å². The molecular weight excluding hydrogens is 358 g/mol. The molecule has 2 N–H and O–H groups in total. The lowest BCUT2D eigenvalue weighted by Gasteiger charge is -2.15. The second kappa shape index (κ2) is 8.70. The number of aliphatic hydroxyl groups is 1. The molecule has 1 amide bonds. The van der Waals surface area contributed by atoms with Crippen LogP contribution in [0.5, 0.6) is 0 Å². The maximum atomic E-state index is 12.4. The minimum Gasteiger partial charge on any atom is -0.382 e. The number of nitro benzene ring substituents is 1. The maximum Gasteiger partial charge on any atom is 0.271 e. The molecule has 0 aliphatic rings. The van der Waals surface area contributed by atoms with Gasteiger partial charge < -0.3 is 5.11 Å². The van der Waals surface area contributed by atoms with Crippen molar-refractivity contribution in [3.8, 4) is 0 Å². The number of aliphatic hydroxyl groups excluding tert-OH is 1. The number of hydrogen-bond acceptors (Lipinski definition) is 5. The van der Waals surface area contributed by atoms with Crippen LogP contribution in [-0.2, 0) is 0 Å². The Morgan fingerprint density at radius 3 is 2.18 bits per heavy atom. The van der Waals surface area contributed by atoms with Crippen molar-refractivity contribution in [2.75, 3.05) is 0 Å². The van der Waals surface area contributed by atoms with E-state index in [-0.39, 0.29) is 17.0 Å². The number of non-ortho nitro benzene ring substituents is 1. The molecule has 3 rings (SSSR count). The van der Waals surface area contributed by atoms with Crippen LogP contribution in [0.25, 0.3) is 0 Å². The number of nitro groups is 1. The first-order chi connectivity index (χ1) is 13.6. The molecule has 0 aliphatic heterocycles. The van der Waals surface area contributed by atoms with Gasteiger partial charge in [0.25, 0.3) is 11.6 Å². The first-order valence-corrected chi connectivity index (χ1v) is 8.47. The molecule has 0 spiro atoms. The quantitative estimate of drug-likeness (QED) is 0.391. The lowest BCUT2D eigenvalue weighted by Crippen LogP contribution is -2.23. The molecule has 0 radical (unpaired) electrons. The number of benzene rings is 3. The van der Waals surface area contributed by atoms with Crippen LogP contribution in [0.15, 0.2) is 90.0 Å². The number of nitrogens with one attached hydrogen (secondary N) is 1. The van der Waals surface area contributed by atoms with E-state index < -0.39 is 16.9 Å². The summed E-state index contributed by atoms with van der Waals surface area (Å²) in [4.78, 5) is 22.7. The van der Waals surface area contributed by atoms with Gasteiger partial charge in [-0.1, -0.05) is 66.7 Å². The Morgan fingerprint density at radius 1 is 0.929 bits per heavy atom. The van der Waals surface area contributed by atoms with Crippen molar-refractivity contribution in [3.63, 3.8) is 0 Å². The summed E-state index contributed by atoms with van der Waals surface area (Å²) < 4.78 is 0. The topological polar surface area (TPSA) is 105 Å². The Kier molecular flexibility index (Phi) is 5.88. The second-order valence-electron chi connectivity index (χ2n) is 5.92. The van der Waals surface area contributed by atoms with E-state index in [1.807, 2.05) is 12.1 Å².